The lowest BCUT2D eigenvalue weighted by atomic mass is 10.1. The topological polar surface area (TPSA) is 9.23 Å². The average Bonchev–Trinajstić information content (AvgIpc) is 2.38. The summed E-state index contributed by atoms with van der Waals surface area (Å²) in [4.78, 5) is 0. The highest BCUT2D eigenvalue weighted by molar-refractivity contribution is 5.47. The molecular weight excluding hydrogens is 208 g/mol. The Kier molecular flexibility index (Phi) is 3.98. The number of hydrogen-bond donors (Lipinski definition) is 0. The van der Waals surface area contributed by atoms with E-state index in [1.165, 1.54) is 11.1 Å². The summed E-state index contributed by atoms with van der Waals surface area (Å²) in [6, 6.07) is 18.4. The zero-order valence-electron chi connectivity index (χ0n) is 9.97. The molecule has 0 aromatic heterocycles. The third-order valence-corrected chi connectivity index (χ3v) is 2.66. The van der Waals surface area contributed by atoms with E-state index < -0.39 is 0 Å². The van der Waals surface area contributed by atoms with Gasteiger partial charge in [0.25, 0.3) is 0 Å². The number of benzene rings is 2. The SMILES string of the molecule is Cc1ccccc1CO/C=C\c1ccccc1. The summed E-state index contributed by atoms with van der Waals surface area (Å²) in [6.07, 6.45) is 3.72. The summed E-state index contributed by atoms with van der Waals surface area (Å²) in [7, 11) is 0. The Bertz CT molecular complexity index is 486. The molecule has 0 bridgehead atoms. The molecule has 2 aromatic carbocycles. The molecular formula is C16H16O. The van der Waals surface area contributed by atoms with E-state index in [0.29, 0.717) is 6.61 Å². The van der Waals surface area contributed by atoms with Crippen LogP contribution in [0.3, 0.4) is 0 Å². The van der Waals surface area contributed by atoms with Crippen molar-refractivity contribution in [3.05, 3.63) is 77.5 Å². The maximum Gasteiger partial charge on any atom is 0.113 e. The molecule has 2 rings (SSSR count). The molecule has 0 amide bonds. The first kappa shape index (κ1) is 11.5. The number of rotatable bonds is 4. The Labute approximate surface area is 102 Å². The molecule has 1 nitrogen and oxygen atoms in total. The van der Waals surface area contributed by atoms with Crippen LogP contribution < -0.4 is 0 Å². The molecule has 86 valence electrons. The minimum Gasteiger partial charge on any atom is -0.496 e. The van der Waals surface area contributed by atoms with E-state index in [1.54, 1.807) is 6.26 Å². The normalized spacial score (nSPS) is 10.6. The quantitative estimate of drug-likeness (QED) is 0.708. The summed E-state index contributed by atoms with van der Waals surface area (Å²) >= 11 is 0. The first-order valence-electron chi connectivity index (χ1n) is 5.74. The first-order chi connectivity index (χ1) is 8.36. The Morgan fingerprint density at radius 1 is 0.941 bits per heavy atom. The third-order valence-electron chi connectivity index (χ3n) is 2.66. The van der Waals surface area contributed by atoms with Crippen molar-refractivity contribution in [2.45, 2.75) is 13.5 Å². The van der Waals surface area contributed by atoms with Crippen LogP contribution in [0.25, 0.3) is 6.08 Å². The van der Waals surface area contributed by atoms with Crippen molar-refractivity contribution in [1.82, 2.24) is 0 Å². The second-order valence-corrected chi connectivity index (χ2v) is 3.95. The van der Waals surface area contributed by atoms with Crippen LogP contribution in [0.1, 0.15) is 16.7 Å². The molecule has 0 atom stereocenters. The molecule has 2 aromatic rings. The fourth-order valence-corrected chi connectivity index (χ4v) is 1.60. The van der Waals surface area contributed by atoms with Crippen molar-refractivity contribution < 1.29 is 4.74 Å². The van der Waals surface area contributed by atoms with E-state index in [-0.39, 0.29) is 0 Å². The van der Waals surface area contributed by atoms with Crippen molar-refractivity contribution in [3.8, 4) is 0 Å². The van der Waals surface area contributed by atoms with Crippen LogP contribution >= 0.6 is 0 Å². The van der Waals surface area contributed by atoms with E-state index in [1.807, 2.05) is 48.5 Å². The first-order valence-corrected chi connectivity index (χ1v) is 5.74. The van der Waals surface area contributed by atoms with Crippen LogP contribution in [0, 0.1) is 6.92 Å². The van der Waals surface area contributed by atoms with Crippen LogP contribution in [0.2, 0.25) is 0 Å². The van der Waals surface area contributed by atoms with E-state index in [2.05, 4.69) is 19.1 Å². The van der Waals surface area contributed by atoms with E-state index >= 15 is 0 Å². The summed E-state index contributed by atoms with van der Waals surface area (Å²) in [5.41, 5.74) is 3.64. The van der Waals surface area contributed by atoms with Crippen LogP contribution in [-0.4, -0.2) is 0 Å². The second-order valence-electron chi connectivity index (χ2n) is 3.95. The summed E-state index contributed by atoms with van der Waals surface area (Å²) in [5, 5.41) is 0. The smallest absolute Gasteiger partial charge is 0.113 e. The van der Waals surface area contributed by atoms with Crippen LogP contribution in [0.15, 0.2) is 60.9 Å². The molecule has 0 radical (unpaired) electrons. The molecule has 0 N–H and O–H groups in total. The van der Waals surface area contributed by atoms with E-state index in [9.17, 15) is 0 Å². The number of hydrogen-bond acceptors (Lipinski definition) is 1. The van der Waals surface area contributed by atoms with Gasteiger partial charge in [-0.15, -0.1) is 0 Å². The van der Waals surface area contributed by atoms with E-state index in [0.717, 1.165) is 5.56 Å². The van der Waals surface area contributed by atoms with Gasteiger partial charge in [0.2, 0.25) is 0 Å². The van der Waals surface area contributed by atoms with Gasteiger partial charge in [-0.1, -0.05) is 54.6 Å². The van der Waals surface area contributed by atoms with Crippen molar-refractivity contribution >= 4 is 6.08 Å². The molecule has 0 spiro atoms. The van der Waals surface area contributed by atoms with Crippen LogP contribution in [-0.2, 0) is 11.3 Å². The van der Waals surface area contributed by atoms with Crippen molar-refractivity contribution in [3.63, 3.8) is 0 Å². The van der Waals surface area contributed by atoms with Gasteiger partial charge in [-0.2, -0.15) is 0 Å². The summed E-state index contributed by atoms with van der Waals surface area (Å²) in [5.74, 6) is 0. The van der Waals surface area contributed by atoms with Crippen LogP contribution in [0.4, 0.5) is 0 Å². The average molecular weight is 224 g/mol. The Hall–Kier alpha value is -2.02. The molecule has 0 aliphatic heterocycles. The molecule has 0 saturated carbocycles. The van der Waals surface area contributed by atoms with Gasteiger partial charge in [0.05, 0.1) is 6.26 Å². The molecule has 0 saturated heterocycles. The highest BCUT2D eigenvalue weighted by Gasteiger charge is 1.94. The van der Waals surface area contributed by atoms with E-state index in [4.69, 9.17) is 4.74 Å². The Morgan fingerprint density at radius 3 is 2.41 bits per heavy atom. The third kappa shape index (κ3) is 3.49. The Morgan fingerprint density at radius 2 is 1.65 bits per heavy atom. The zero-order chi connectivity index (χ0) is 11.9. The summed E-state index contributed by atoms with van der Waals surface area (Å²) in [6.45, 7) is 2.72. The predicted octanol–water partition coefficient (Wildman–Crippen LogP) is 4.18. The monoisotopic (exact) mass is 224 g/mol. The molecule has 0 unspecified atom stereocenters. The zero-order valence-corrected chi connectivity index (χ0v) is 9.97. The largest absolute Gasteiger partial charge is 0.496 e. The minimum absolute atomic E-state index is 0.621. The standard InChI is InChI=1S/C16H16O/c1-14-7-5-6-10-16(14)13-17-12-11-15-8-3-2-4-9-15/h2-12H,13H2,1H3/b12-11-. The molecule has 17 heavy (non-hydrogen) atoms. The highest BCUT2D eigenvalue weighted by Crippen LogP contribution is 2.09. The minimum atomic E-state index is 0.621. The lowest BCUT2D eigenvalue weighted by Crippen LogP contribution is -1.89. The van der Waals surface area contributed by atoms with Gasteiger partial charge in [0.1, 0.15) is 6.61 Å². The van der Waals surface area contributed by atoms with Crippen molar-refractivity contribution in [2.75, 3.05) is 0 Å². The lowest BCUT2D eigenvalue weighted by molar-refractivity contribution is 0.238. The molecule has 0 fully saturated rings. The Balaban J connectivity index is 1.88. The lowest BCUT2D eigenvalue weighted by Gasteiger charge is -2.04. The van der Waals surface area contributed by atoms with Gasteiger partial charge < -0.3 is 4.74 Å². The fourth-order valence-electron chi connectivity index (χ4n) is 1.60. The molecule has 0 aliphatic carbocycles. The molecule has 1 heteroatoms. The fraction of sp³-hybridized carbons (Fsp3) is 0.125. The van der Waals surface area contributed by atoms with Crippen molar-refractivity contribution in [2.24, 2.45) is 0 Å². The summed E-state index contributed by atoms with van der Waals surface area (Å²) < 4.78 is 5.52. The van der Waals surface area contributed by atoms with Gasteiger partial charge in [0, 0.05) is 0 Å². The predicted molar refractivity (Wildman–Crippen MR) is 71.4 cm³/mol. The molecule has 0 heterocycles. The van der Waals surface area contributed by atoms with Crippen LogP contribution in [0.5, 0.6) is 0 Å². The maximum absolute atomic E-state index is 5.52. The van der Waals surface area contributed by atoms with Crippen molar-refractivity contribution in [1.29, 1.82) is 0 Å². The molecule has 0 aliphatic rings. The van der Waals surface area contributed by atoms with Gasteiger partial charge in [-0.05, 0) is 29.7 Å². The van der Waals surface area contributed by atoms with Gasteiger partial charge in [-0.3, -0.25) is 0 Å². The van der Waals surface area contributed by atoms with Gasteiger partial charge >= 0.3 is 0 Å². The van der Waals surface area contributed by atoms with Gasteiger partial charge in [0.15, 0.2) is 0 Å². The maximum atomic E-state index is 5.52. The van der Waals surface area contributed by atoms with Gasteiger partial charge in [-0.25, -0.2) is 0 Å². The second kappa shape index (κ2) is 5.90. The number of aryl methyl sites for hydroxylation is 1. The highest BCUT2D eigenvalue weighted by atomic mass is 16.5. The number of ether oxygens (including phenoxy) is 1.